The first-order valence-corrected chi connectivity index (χ1v) is 9.57. The van der Waals surface area contributed by atoms with E-state index >= 15 is 0 Å². The third kappa shape index (κ3) is 7.77. The lowest BCUT2D eigenvalue weighted by molar-refractivity contribution is -0.141. The average Bonchev–Trinajstić information content (AvgIpc) is 2.65. The number of nitrogens with two attached hydrogens (primary N) is 2. The summed E-state index contributed by atoms with van der Waals surface area (Å²) >= 11 is 0.806. The largest absolute Gasteiger partial charge is 0.504 e. The smallest absolute Gasteiger partial charge is 0.327 e. The van der Waals surface area contributed by atoms with Gasteiger partial charge in [-0.1, -0.05) is 0 Å². The van der Waals surface area contributed by atoms with Crippen molar-refractivity contribution in [2.24, 2.45) is 11.5 Å². The van der Waals surface area contributed by atoms with Crippen LogP contribution in [0.4, 0.5) is 0 Å². The maximum Gasteiger partial charge on any atom is 0.327 e. The molecule has 0 fully saturated rings. The van der Waals surface area contributed by atoms with Crippen LogP contribution in [0.15, 0.2) is 17.0 Å². The van der Waals surface area contributed by atoms with Gasteiger partial charge in [0, 0.05) is 12.2 Å². The van der Waals surface area contributed by atoms with Gasteiger partial charge in [0.1, 0.15) is 18.1 Å². The summed E-state index contributed by atoms with van der Waals surface area (Å²) in [6.45, 7) is 0. The molecule has 0 saturated heterocycles. The summed E-state index contributed by atoms with van der Waals surface area (Å²) in [6, 6.07) is -1.38. The molecule has 0 radical (unpaired) electrons. The quantitative estimate of drug-likeness (QED) is 0.141. The van der Waals surface area contributed by atoms with Gasteiger partial charge >= 0.3 is 17.9 Å². The number of phenols is 2. The molecule has 13 heteroatoms. The summed E-state index contributed by atoms with van der Waals surface area (Å²) in [5, 5.41) is 48.9. The first-order chi connectivity index (χ1) is 13.9. The molecular formula is C17H23N3O9S. The van der Waals surface area contributed by atoms with Crippen LogP contribution in [0.2, 0.25) is 0 Å². The van der Waals surface area contributed by atoms with Gasteiger partial charge in [0.25, 0.3) is 0 Å². The van der Waals surface area contributed by atoms with Crippen LogP contribution in [-0.2, 0) is 25.6 Å². The fraction of sp³-hybridized carbons (Fsp3) is 0.412. The second-order valence-corrected chi connectivity index (χ2v) is 7.43. The predicted molar refractivity (Wildman–Crippen MR) is 104 cm³/mol. The van der Waals surface area contributed by atoms with Crippen LogP contribution in [0.1, 0.15) is 18.4 Å². The highest BCUT2D eigenvalue weighted by molar-refractivity contribution is 7.99. The lowest BCUT2D eigenvalue weighted by atomic mass is 10.1. The monoisotopic (exact) mass is 445 g/mol. The minimum atomic E-state index is -1.38. The SMILES string of the molecule is N[C@@H](CCC(=O)N[C@@H](CSc1cc(C[C@H](N)C(=O)O)cc(O)c1O)C(=O)O)C(=O)O. The molecule has 0 aromatic heterocycles. The molecule has 10 N–H and O–H groups in total. The maximum atomic E-state index is 11.9. The van der Waals surface area contributed by atoms with Gasteiger partial charge in [0.2, 0.25) is 5.91 Å². The van der Waals surface area contributed by atoms with Crippen LogP contribution >= 0.6 is 11.8 Å². The minimum Gasteiger partial charge on any atom is -0.504 e. The third-order valence-electron chi connectivity index (χ3n) is 3.93. The number of carboxylic acids is 3. The number of hydrogen-bond acceptors (Lipinski definition) is 9. The number of carboxylic acid groups (broad SMARTS) is 3. The van der Waals surface area contributed by atoms with Crippen molar-refractivity contribution in [2.45, 2.75) is 42.3 Å². The summed E-state index contributed by atoms with van der Waals surface area (Å²) in [7, 11) is 0. The Morgan fingerprint density at radius 2 is 1.57 bits per heavy atom. The second-order valence-electron chi connectivity index (χ2n) is 6.36. The Morgan fingerprint density at radius 1 is 0.967 bits per heavy atom. The van der Waals surface area contributed by atoms with Crippen molar-refractivity contribution < 1.29 is 44.7 Å². The van der Waals surface area contributed by atoms with Crippen LogP contribution in [0.25, 0.3) is 0 Å². The molecule has 1 amide bonds. The zero-order chi connectivity index (χ0) is 23.0. The van der Waals surface area contributed by atoms with E-state index in [0.717, 1.165) is 17.8 Å². The van der Waals surface area contributed by atoms with Gasteiger partial charge in [-0.2, -0.15) is 0 Å². The van der Waals surface area contributed by atoms with Crippen molar-refractivity contribution in [3.05, 3.63) is 17.7 Å². The molecule has 0 heterocycles. The van der Waals surface area contributed by atoms with E-state index in [0.29, 0.717) is 5.56 Å². The zero-order valence-corrected chi connectivity index (χ0v) is 16.5. The number of benzene rings is 1. The average molecular weight is 445 g/mol. The van der Waals surface area contributed by atoms with E-state index < -0.39 is 53.4 Å². The van der Waals surface area contributed by atoms with Gasteiger partial charge in [0.05, 0.1) is 4.90 Å². The van der Waals surface area contributed by atoms with Crippen LogP contribution < -0.4 is 16.8 Å². The number of hydrogen-bond donors (Lipinski definition) is 8. The molecule has 166 valence electrons. The molecule has 0 aliphatic carbocycles. The van der Waals surface area contributed by atoms with E-state index in [2.05, 4.69) is 5.32 Å². The van der Waals surface area contributed by atoms with Gasteiger partial charge in [-0.3, -0.25) is 14.4 Å². The van der Waals surface area contributed by atoms with Crippen LogP contribution in [0.3, 0.4) is 0 Å². The molecule has 1 aromatic rings. The molecule has 0 spiro atoms. The topological polar surface area (TPSA) is 233 Å². The summed E-state index contributed by atoms with van der Waals surface area (Å²) in [5.41, 5.74) is 11.0. The Balaban J connectivity index is 2.81. The number of amides is 1. The van der Waals surface area contributed by atoms with Crippen molar-refractivity contribution in [1.29, 1.82) is 0 Å². The molecule has 3 atom stereocenters. The van der Waals surface area contributed by atoms with E-state index in [1.54, 1.807) is 0 Å². The number of rotatable bonds is 12. The van der Waals surface area contributed by atoms with Crippen LogP contribution in [0.5, 0.6) is 11.5 Å². The number of aromatic hydroxyl groups is 2. The van der Waals surface area contributed by atoms with Gasteiger partial charge in [-0.25, -0.2) is 4.79 Å². The lowest BCUT2D eigenvalue weighted by Crippen LogP contribution is -2.43. The molecule has 1 rings (SSSR count). The summed E-state index contributed by atoms with van der Waals surface area (Å²) < 4.78 is 0. The predicted octanol–water partition coefficient (Wildman–Crippen LogP) is -1.09. The Hall–Kier alpha value is -3.03. The van der Waals surface area contributed by atoms with E-state index in [4.69, 9.17) is 21.7 Å². The van der Waals surface area contributed by atoms with Crippen LogP contribution in [0, 0.1) is 0 Å². The normalized spacial score (nSPS) is 13.8. The van der Waals surface area contributed by atoms with E-state index in [1.807, 2.05) is 0 Å². The number of phenolic OH excluding ortho intramolecular Hbond substituents is 2. The third-order valence-corrected chi connectivity index (χ3v) is 5.05. The Morgan fingerprint density at radius 3 is 2.10 bits per heavy atom. The number of carbonyl (C=O) groups is 4. The Labute approximate surface area is 174 Å². The first-order valence-electron chi connectivity index (χ1n) is 8.59. The van der Waals surface area contributed by atoms with Gasteiger partial charge in [0.15, 0.2) is 11.5 Å². The van der Waals surface area contributed by atoms with E-state index in [-0.39, 0.29) is 29.9 Å². The number of carbonyl (C=O) groups excluding carboxylic acids is 1. The van der Waals surface area contributed by atoms with E-state index in [1.165, 1.54) is 6.07 Å². The van der Waals surface area contributed by atoms with Crippen molar-refractivity contribution >= 4 is 35.6 Å². The van der Waals surface area contributed by atoms with Gasteiger partial charge in [-0.15, -0.1) is 11.8 Å². The molecule has 0 saturated carbocycles. The molecule has 12 nitrogen and oxygen atoms in total. The standard InChI is InChI=1S/C17H23N3O9S/c18-8(15(24)25)1-2-13(22)20-10(17(28)29)6-30-12-5-7(3-9(19)16(26)27)4-11(21)14(12)23/h4-5,8-10,21,23H,1-3,6,18-19H2,(H,20,22)(H,24,25)(H,26,27)(H,28,29)/t8-,9-,10-/m0/s1. The molecule has 0 bridgehead atoms. The van der Waals surface area contributed by atoms with Crippen molar-refractivity contribution in [2.75, 3.05) is 5.75 Å². The molecule has 1 aromatic carbocycles. The molecular weight excluding hydrogens is 422 g/mol. The summed E-state index contributed by atoms with van der Waals surface area (Å²) in [4.78, 5) is 44.9. The van der Waals surface area contributed by atoms with Crippen molar-refractivity contribution in [1.82, 2.24) is 5.32 Å². The second kappa shape index (κ2) is 11.2. The highest BCUT2D eigenvalue weighted by Gasteiger charge is 2.23. The summed E-state index contributed by atoms with van der Waals surface area (Å²) in [6.07, 6.45) is -0.614. The highest BCUT2D eigenvalue weighted by Crippen LogP contribution is 2.37. The van der Waals surface area contributed by atoms with Gasteiger partial charge < -0.3 is 42.3 Å². The van der Waals surface area contributed by atoms with Crippen LogP contribution in [-0.4, -0.2) is 73.2 Å². The van der Waals surface area contributed by atoms with Crippen molar-refractivity contribution in [3.8, 4) is 11.5 Å². The summed E-state index contributed by atoms with van der Waals surface area (Å²) in [5.74, 6) is -5.94. The van der Waals surface area contributed by atoms with Crippen molar-refractivity contribution in [3.63, 3.8) is 0 Å². The molecule has 0 aliphatic rings. The zero-order valence-electron chi connectivity index (χ0n) is 15.6. The van der Waals surface area contributed by atoms with Gasteiger partial charge in [-0.05, 0) is 30.5 Å². The highest BCUT2D eigenvalue weighted by atomic mass is 32.2. The fourth-order valence-electron chi connectivity index (χ4n) is 2.24. The number of nitrogens with one attached hydrogen (secondary N) is 1. The number of thioether (sulfide) groups is 1. The molecule has 0 aliphatic heterocycles. The molecule has 0 unspecified atom stereocenters. The Bertz CT molecular complexity index is 818. The fourth-order valence-corrected chi connectivity index (χ4v) is 3.29. The maximum absolute atomic E-state index is 11.9. The molecule has 30 heavy (non-hydrogen) atoms. The first kappa shape index (κ1) is 25.0. The minimum absolute atomic E-state index is 0.0657. The number of aliphatic carboxylic acids is 3. The van der Waals surface area contributed by atoms with E-state index in [9.17, 15) is 34.5 Å². The Kier molecular flexibility index (Phi) is 9.36. The lowest BCUT2D eigenvalue weighted by Gasteiger charge is -2.16.